The summed E-state index contributed by atoms with van der Waals surface area (Å²) < 4.78 is 8.24. The Morgan fingerprint density at radius 2 is 2.14 bits per heavy atom. The van der Waals surface area contributed by atoms with E-state index in [1.165, 1.54) is 12.0 Å². The van der Waals surface area contributed by atoms with Crippen molar-refractivity contribution < 1.29 is 11.3 Å². The lowest BCUT2D eigenvalue weighted by atomic mass is 9.48. The number of rotatable bonds is 1. The van der Waals surface area contributed by atoms with Crippen molar-refractivity contribution in [1.82, 2.24) is 0 Å². The third-order valence-electron chi connectivity index (χ3n) is 7.56. The molecule has 3 fully saturated rings. The summed E-state index contributed by atoms with van der Waals surface area (Å²) in [7, 11) is 0. The summed E-state index contributed by atoms with van der Waals surface area (Å²) in [6, 6.07) is 0. The molecule has 0 aromatic carbocycles. The molecule has 4 rings (SSSR count). The van der Waals surface area contributed by atoms with Crippen LogP contribution in [0.25, 0.3) is 0 Å². The zero-order chi connectivity index (χ0) is 15.5. The second-order valence-electron chi connectivity index (χ2n) is 8.14. The molecule has 6 atom stereocenters. The molecule has 0 aliphatic heterocycles. The maximum Gasteiger partial charge on any atom is 0.139 e. The fourth-order valence-electron chi connectivity index (χ4n) is 6.39. The number of carbonyl (C=O) groups is 1. The molecule has 0 radical (unpaired) electrons. The van der Waals surface area contributed by atoms with Gasteiger partial charge in [0.1, 0.15) is 5.78 Å². The van der Waals surface area contributed by atoms with Gasteiger partial charge in [-0.3, -0.25) is 4.79 Å². The smallest absolute Gasteiger partial charge is 0.139 e. The van der Waals surface area contributed by atoms with Gasteiger partial charge in [0.25, 0.3) is 0 Å². The van der Waals surface area contributed by atoms with Crippen molar-refractivity contribution in [2.75, 3.05) is 6.58 Å². The molecule has 116 valence electrons. The first-order valence-electron chi connectivity index (χ1n) is 9.41. The summed E-state index contributed by atoms with van der Waals surface area (Å²) in [5.74, 6) is 1.88. The highest BCUT2D eigenvalue weighted by atomic mass is 16.3. The van der Waals surface area contributed by atoms with E-state index in [-0.39, 0.29) is 10.8 Å². The number of carbonyl (C=O) groups excluding carboxylic acids is 1. The molecule has 2 nitrogen and oxygen atoms in total. The summed E-state index contributed by atoms with van der Waals surface area (Å²) in [4.78, 5) is 12.4. The van der Waals surface area contributed by atoms with E-state index in [1.807, 2.05) is 0 Å². The van der Waals surface area contributed by atoms with Crippen LogP contribution in [0.4, 0.5) is 0 Å². The van der Waals surface area contributed by atoms with Crippen LogP contribution in [-0.2, 0) is 4.79 Å². The van der Waals surface area contributed by atoms with Gasteiger partial charge < -0.3 is 5.11 Å². The minimum Gasteiger partial charge on any atom is -0.395 e. The second kappa shape index (κ2) is 4.68. The minimum atomic E-state index is -0.992. The molecular formula is C19H28O2. The SMILES string of the molecule is [2H][C@H](O)[C@]12CCCCC1=CC[C@@H]1[C@@H]2CC[C@]2(C)C(=O)CC[C@@H]12. The lowest BCUT2D eigenvalue weighted by Gasteiger charge is -2.57. The monoisotopic (exact) mass is 289 g/mol. The Kier molecular flexibility index (Phi) is 2.87. The summed E-state index contributed by atoms with van der Waals surface area (Å²) >= 11 is 0. The Morgan fingerprint density at radius 3 is 2.95 bits per heavy atom. The van der Waals surface area contributed by atoms with Gasteiger partial charge >= 0.3 is 0 Å². The summed E-state index contributed by atoms with van der Waals surface area (Å²) in [6.45, 7) is 1.20. The van der Waals surface area contributed by atoms with Crippen LogP contribution >= 0.6 is 0 Å². The van der Waals surface area contributed by atoms with Crippen molar-refractivity contribution in [2.24, 2.45) is 28.6 Å². The van der Waals surface area contributed by atoms with Gasteiger partial charge in [0.05, 0.1) is 7.95 Å². The van der Waals surface area contributed by atoms with Crippen LogP contribution in [0.15, 0.2) is 11.6 Å². The van der Waals surface area contributed by atoms with E-state index in [0.29, 0.717) is 23.5 Å². The standard InChI is InChI=1S/C19H28O2/c1-18-11-9-16-14(15(18)7-8-17(18)21)6-5-13-4-2-3-10-19(13,16)12-20/h5,14-16,20H,2-4,6-12H2,1H3/t14-,15-,16-,18-,19+/m0/s1/i12D/t12-,14-,15-,16-,18-,19+. The van der Waals surface area contributed by atoms with E-state index in [9.17, 15) is 9.90 Å². The van der Waals surface area contributed by atoms with Crippen LogP contribution < -0.4 is 0 Å². The minimum absolute atomic E-state index is 0.116. The molecule has 1 N–H and O–H groups in total. The van der Waals surface area contributed by atoms with E-state index in [2.05, 4.69) is 13.0 Å². The molecule has 0 spiro atoms. The number of Topliss-reactive ketones (excluding diaryl/α,β-unsaturated/α-hetero) is 1. The summed E-state index contributed by atoms with van der Waals surface area (Å²) in [5, 5.41) is 10.4. The molecule has 0 bridgehead atoms. The van der Waals surface area contributed by atoms with Gasteiger partial charge in [-0.2, -0.15) is 0 Å². The van der Waals surface area contributed by atoms with Gasteiger partial charge in [-0.15, -0.1) is 0 Å². The summed E-state index contributed by atoms with van der Waals surface area (Å²) in [5.41, 5.74) is 0.958. The highest BCUT2D eigenvalue weighted by Crippen LogP contribution is 2.63. The quantitative estimate of drug-likeness (QED) is 0.744. The Bertz CT molecular complexity index is 526. The van der Waals surface area contributed by atoms with Gasteiger partial charge in [-0.05, 0) is 62.7 Å². The molecule has 2 heteroatoms. The predicted octanol–water partition coefficient (Wildman–Crippen LogP) is 3.88. The average molecular weight is 289 g/mol. The molecule has 4 aliphatic rings. The van der Waals surface area contributed by atoms with Crippen molar-refractivity contribution in [2.45, 2.75) is 64.7 Å². The molecule has 3 saturated carbocycles. The van der Waals surface area contributed by atoms with Gasteiger partial charge in [0.2, 0.25) is 0 Å². The van der Waals surface area contributed by atoms with Crippen molar-refractivity contribution in [1.29, 1.82) is 0 Å². The molecule has 4 aliphatic carbocycles. The lowest BCUT2D eigenvalue weighted by molar-refractivity contribution is -0.132. The largest absolute Gasteiger partial charge is 0.395 e. The van der Waals surface area contributed by atoms with Crippen LogP contribution in [0.3, 0.4) is 0 Å². The third kappa shape index (κ3) is 1.72. The fourth-order valence-corrected chi connectivity index (χ4v) is 6.39. The number of allylic oxidation sites excluding steroid dienone is 1. The van der Waals surface area contributed by atoms with Crippen LogP contribution in [0, 0.1) is 28.6 Å². The Balaban J connectivity index is 1.75. The topological polar surface area (TPSA) is 37.3 Å². The number of aliphatic hydroxyl groups excluding tert-OH is 1. The molecule has 21 heavy (non-hydrogen) atoms. The van der Waals surface area contributed by atoms with Crippen LogP contribution in [0.5, 0.6) is 0 Å². The predicted molar refractivity (Wildman–Crippen MR) is 82.7 cm³/mol. The molecule has 0 unspecified atom stereocenters. The summed E-state index contributed by atoms with van der Waals surface area (Å²) in [6.07, 6.45) is 11.6. The van der Waals surface area contributed by atoms with Gasteiger partial charge in [-0.25, -0.2) is 0 Å². The second-order valence-corrected chi connectivity index (χ2v) is 8.14. The molecule has 0 aromatic heterocycles. The van der Waals surface area contributed by atoms with E-state index < -0.39 is 6.58 Å². The van der Waals surface area contributed by atoms with Gasteiger partial charge in [0, 0.05) is 17.3 Å². The Morgan fingerprint density at radius 1 is 1.29 bits per heavy atom. The maximum absolute atomic E-state index is 12.4. The molecular weight excluding hydrogens is 260 g/mol. The third-order valence-corrected chi connectivity index (χ3v) is 7.56. The van der Waals surface area contributed by atoms with E-state index in [4.69, 9.17) is 1.37 Å². The number of aliphatic hydroxyl groups is 1. The number of fused-ring (bicyclic) bond motifs is 5. The highest BCUT2D eigenvalue weighted by Gasteiger charge is 2.59. The lowest BCUT2D eigenvalue weighted by Crippen LogP contribution is -2.52. The van der Waals surface area contributed by atoms with Gasteiger partial charge in [-0.1, -0.05) is 25.0 Å². The zero-order valence-corrected chi connectivity index (χ0v) is 13.1. The fraction of sp³-hybridized carbons (Fsp3) is 0.842. The highest BCUT2D eigenvalue weighted by molar-refractivity contribution is 5.87. The van der Waals surface area contributed by atoms with Gasteiger partial charge in [0.15, 0.2) is 0 Å². The van der Waals surface area contributed by atoms with Crippen LogP contribution in [-0.4, -0.2) is 17.5 Å². The van der Waals surface area contributed by atoms with Crippen molar-refractivity contribution in [3.8, 4) is 0 Å². The molecule has 0 heterocycles. The normalized spacial score (nSPS) is 51.3. The van der Waals surface area contributed by atoms with E-state index in [1.54, 1.807) is 0 Å². The van der Waals surface area contributed by atoms with Crippen LogP contribution in [0.2, 0.25) is 0 Å². The number of hydrogen-bond acceptors (Lipinski definition) is 2. The first-order valence-corrected chi connectivity index (χ1v) is 8.83. The number of ketones is 1. The van der Waals surface area contributed by atoms with Crippen molar-refractivity contribution in [3.63, 3.8) is 0 Å². The van der Waals surface area contributed by atoms with E-state index >= 15 is 0 Å². The van der Waals surface area contributed by atoms with E-state index in [0.717, 1.165) is 51.4 Å². The molecule has 0 amide bonds. The average Bonchev–Trinajstić information content (AvgIpc) is 2.82. The molecule has 0 saturated heterocycles. The first kappa shape index (κ1) is 12.9. The number of hydrogen-bond donors (Lipinski definition) is 1. The van der Waals surface area contributed by atoms with Crippen LogP contribution in [0.1, 0.15) is 66.1 Å². The van der Waals surface area contributed by atoms with Crippen molar-refractivity contribution >= 4 is 5.78 Å². The Hall–Kier alpha value is -0.630. The molecule has 0 aromatic rings. The first-order chi connectivity index (χ1) is 10.5. The maximum atomic E-state index is 12.4. The zero-order valence-electron chi connectivity index (χ0n) is 14.1. The Labute approximate surface area is 129 Å². The van der Waals surface area contributed by atoms with Crippen molar-refractivity contribution in [3.05, 3.63) is 11.6 Å².